The van der Waals surface area contributed by atoms with Crippen molar-refractivity contribution in [3.05, 3.63) is 34.3 Å². The maximum atomic E-state index is 5.25. The van der Waals surface area contributed by atoms with Gasteiger partial charge in [-0.05, 0) is 43.4 Å². The van der Waals surface area contributed by atoms with Crippen LogP contribution in [0.25, 0.3) is 0 Å². The van der Waals surface area contributed by atoms with Gasteiger partial charge in [0.1, 0.15) is 0 Å². The van der Waals surface area contributed by atoms with Gasteiger partial charge in [-0.15, -0.1) is 0 Å². The Balaban J connectivity index is 2.60. The van der Waals surface area contributed by atoms with Crippen LogP contribution in [-0.2, 0) is 11.2 Å². The van der Waals surface area contributed by atoms with Gasteiger partial charge in [0, 0.05) is 24.2 Å². The maximum absolute atomic E-state index is 5.25. The van der Waals surface area contributed by atoms with Gasteiger partial charge < -0.3 is 10.1 Å². The van der Waals surface area contributed by atoms with Crippen molar-refractivity contribution < 1.29 is 4.74 Å². The fourth-order valence-corrected chi connectivity index (χ4v) is 2.80. The Morgan fingerprint density at radius 1 is 1.32 bits per heavy atom. The molecule has 1 rings (SSSR count). The Morgan fingerprint density at radius 2 is 2.05 bits per heavy atom. The number of halogens is 1. The van der Waals surface area contributed by atoms with E-state index in [0.29, 0.717) is 12.0 Å². The Labute approximate surface area is 126 Å². The highest BCUT2D eigenvalue weighted by atomic mass is 79.9. The predicted molar refractivity (Wildman–Crippen MR) is 85.6 cm³/mol. The lowest BCUT2D eigenvalue weighted by molar-refractivity contribution is 0.149. The topological polar surface area (TPSA) is 21.3 Å². The minimum Gasteiger partial charge on any atom is -0.384 e. The summed E-state index contributed by atoms with van der Waals surface area (Å²) < 4.78 is 6.45. The third-order valence-corrected chi connectivity index (χ3v) is 4.02. The summed E-state index contributed by atoms with van der Waals surface area (Å²) in [4.78, 5) is 0. The first kappa shape index (κ1) is 16.7. The third kappa shape index (κ3) is 6.55. The molecule has 0 bridgehead atoms. The number of ether oxygens (including phenoxy) is 1. The van der Waals surface area contributed by atoms with Crippen molar-refractivity contribution in [2.24, 2.45) is 5.92 Å². The molecule has 0 saturated heterocycles. The van der Waals surface area contributed by atoms with Gasteiger partial charge in [-0.2, -0.15) is 0 Å². The van der Waals surface area contributed by atoms with E-state index in [2.05, 4.69) is 59.4 Å². The van der Waals surface area contributed by atoms with Crippen LogP contribution in [0.15, 0.2) is 28.7 Å². The van der Waals surface area contributed by atoms with E-state index in [0.717, 1.165) is 26.0 Å². The molecule has 1 N–H and O–H groups in total. The molecule has 0 aliphatic rings. The Hall–Kier alpha value is -0.380. The van der Waals surface area contributed by atoms with E-state index in [9.17, 15) is 0 Å². The highest BCUT2D eigenvalue weighted by Crippen LogP contribution is 2.19. The molecule has 108 valence electrons. The van der Waals surface area contributed by atoms with Gasteiger partial charge in [0.15, 0.2) is 0 Å². The number of nitrogens with one attached hydrogen (secondary N) is 1. The molecule has 0 saturated carbocycles. The van der Waals surface area contributed by atoms with Gasteiger partial charge in [-0.1, -0.05) is 48.0 Å². The molecule has 1 aromatic carbocycles. The number of benzene rings is 1. The third-order valence-electron chi connectivity index (χ3n) is 3.25. The second kappa shape index (κ2) is 9.51. The second-order valence-corrected chi connectivity index (χ2v) is 6.10. The zero-order chi connectivity index (χ0) is 14.1. The highest BCUT2D eigenvalue weighted by Gasteiger charge is 2.14. The van der Waals surface area contributed by atoms with Crippen LogP contribution in [0.1, 0.15) is 32.3 Å². The first-order valence-corrected chi connectivity index (χ1v) is 7.92. The maximum Gasteiger partial charge on any atom is 0.0488 e. The molecule has 1 aromatic rings. The van der Waals surface area contributed by atoms with E-state index >= 15 is 0 Å². The van der Waals surface area contributed by atoms with Crippen LogP contribution in [0, 0.1) is 5.92 Å². The minimum absolute atomic E-state index is 0.517. The van der Waals surface area contributed by atoms with Crippen LogP contribution in [0.4, 0.5) is 0 Å². The van der Waals surface area contributed by atoms with E-state index in [1.165, 1.54) is 16.5 Å². The molecular formula is C16H26BrNO. The smallest absolute Gasteiger partial charge is 0.0488 e. The molecule has 3 heteroatoms. The lowest BCUT2D eigenvalue weighted by Gasteiger charge is -2.22. The predicted octanol–water partition coefficient (Wildman–Crippen LogP) is 4.03. The fourth-order valence-electron chi connectivity index (χ4n) is 2.35. The summed E-state index contributed by atoms with van der Waals surface area (Å²) in [5, 5.41) is 3.66. The van der Waals surface area contributed by atoms with Crippen LogP contribution in [0.3, 0.4) is 0 Å². The van der Waals surface area contributed by atoms with Gasteiger partial charge in [-0.3, -0.25) is 0 Å². The van der Waals surface area contributed by atoms with Crippen LogP contribution in [0.2, 0.25) is 0 Å². The summed E-state index contributed by atoms with van der Waals surface area (Å²) in [6.07, 6.45) is 3.38. The molecule has 0 aromatic heterocycles. The monoisotopic (exact) mass is 327 g/mol. The summed E-state index contributed by atoms with van der Waals surface area (Å²) >= 11 is 3.64. The zero-order valence-corrected chi connectivity index (χ0v) is 13.9. The summed E-state index contributed by atoms with van der Waals surface area (Å²) in [5.74, 6) is 0.585. The molecule has 0 aliphatic carbocycles. The van der Waals surface area contributed by atoms with Crippen molar-refractivity contribution in [1.29, 1.82) is 0 Å². The molecule has 2 nitrogen and oxygen atoms in total. The van der Waals surface area contributed by atoms with Crippen molar-refractivity contribution >= 4 is 15.9 Å². The number of hydrogen-bond donors (Lipinski definition) is 1. The molecule has 0 radical (unpaired) electrons. The second-order valence-electron chi connectivity index (χ2n) is 5.24. The lowest BCUT2D eigenvalue weighted by atomic mass is 9.96. The van der Waals surface area contributed by atoms with E-state index in [1.807, 2.05) is 0 Å². The number of hydrogen-bond acceptors (Lipinski definition) is 2. The normalized spacial score (nSPS) is 14.3. The molecule has 0 spiro atoms. The van der Waals surface area contributed by atoms with E-state index in [-0.39, 0.29) is 0 Å². The van der Waals surface area contributed by atoms with Gasteiger partial charge >= 0.3 is 0 Å². The largest absolute Gasteiger partial charge is 0.384 e. The summed E-state index contributed by atoms with van der Waals surface area (Å²) in [6, 6.07) is 9.01. The van der Waals surface area contributed by atoms with Crippen molar-refractivity contribution in [3.8, 4) is 0 Å². The van der Waals surface area contributed by atoms with Crippen molar-refractivity contribution in [3.63, 3.8) is 0 Å². The molecule has 0 heterocycles. The summed E-state index contributed by atoms with van der Waals surface area (Å²) in [5.41, 5.74) is 1.38. The molecule has 0 amide bonds. The van der Waals surface area contributed by atoms with Gasteiger partial charge in [0.2, 0.25) is 0 Å². The molecule has 19 heavy (non-hydrogen) atoms. The SMILES string of the molecule is CCCNC(Cc1ccccc1Br)CC(C)COC. The zero-order valence-electron chi connectivity index (χ0n) is 12.3. The highest BCUT2D eigenvalue weighted by molar-refractivity contribution is 9.10. The van der Waals surface area contributed by atoms with E-state index in [1.54, 1.807) is 7.11 Å². The van der Waals surface area contributed by atoms with Crippen LogP contribution < -0.4 is 5.32 Å². The number of rotatable bonds is 9. The van der Waals surface area contributed by atoms with Crippen molar-refractivity contribution in [2.45, 2.75) is 39.2 Å². The summed E-state index contributed by atoms with van der Waals surface area (Å²) in [7, 11) is 1.78. The van der Waals surface area contributed by atoms with E-state index < -0.39 is 0 Å². The molecule has 0 aliphatic heterocycles. The lowest BCUT2D eigenvalue weighted by Crippen LogP contribution is -2.34. The van der Waals surface area contributed by atoms with Crippen LogP contribution in [0.5, 0.6) is 0 Å². The fraction of sp³-hybridized carbons (Fsp3) is 0.625. The Morgan fingerprint density at radius 3 is 2.68 bits per heavy atom. The van der Waals surface area contributed by atoms with Gasteiger partial charge in [-0.25, -0.2) is 0 Å². The molecular weight excluding hydrogens is 302 g/mol. The van der Waals surface area contributed by atoms with Crippen molar-refractivity contribution in [2.75, 3.05) is 20.3 Å². The van der Waals surface area contributed by atoms with Crippen LogP contribution in [-0.4, -0.2) is 26.3 Å². The standard InChI is InChI=1S/C16H26BrNO/c1-4-9-18-15(10-13(2)12-19-3)11-14-7-5-6-8-16(14)17/h5-8,13,15,18H,4,9-12H2,1-3H3. The van der Waals surface area contributed by atoms with E-state index in [4.69, 9.17) is 4.74 Å². The molecule has 0 fully saturated rings. The Kier molecular flexibility index (Phi) is 8.35. The quantitative estimate of drug-likeness (QED) is 0.739. The average Bonchev–Trinajstić information content (AvgIpc) is 2.39. The minimum atomic E-state index is 0.517. The average molecular weight is 328 g/mol. The van der Waals surface area contributed by atoms with Gasteiger partial charge in [0.25, 0.3) is 0 Å². The first-order chi connectivity index (χ1) is 9.17. The first-order valence-electron chi connectivity index (χ1n) is 7.13. The summed E-state index contributed by atoms with van der Waals surface area (Å²) in [6.45, 7) is 6.38. The van der Waals surface area contributed by atoms with Gasteiger partial charge in [0.05, 0.1) is 0 Å². The van der Waals surface area contributed by atoms with Crippen molar-refractivity contribution in [1.82, 2.24) is 5.32 Å². The Bertz CT molecular complexity index is 356. The number of methoxy groups -OCH3 is 1. The molecule has 2 atom stereocenters. The van der Waals surface area contributed by atoms with Crippen LogP contribution >= 0.6 is 15.9 Å². The molecule has 2 unspecified atom stereocenters.